The summed E-state index contributed by atoms with van der Waals surface area (Å²) in [6.45, 7) is 0. The van der Waals surface area contributed by atoms with Gasteiger partial charge < -0.3 is 9.29 Å². The molecule has 1 aliphatic carbocycles. The monoisotopic (exact) mass is 254 g/mol. The SMILES string of the molecule is O=S(=O)(OC1=CCCCC1O)c1ccccc1. The second kappa shape index (κ2) is 4.89. The van der Waals surface area contributed by atoms with E-state index in [0.29, 0.717) is 6.42 Å². The van der Waals surface area contributed by atoms with Gasteiger partial charge in [0.05, 0.1) is 0 Å². The molecular formula is C12H14O4S. The molecule has 0 saturated heterocycles. The van der Waals surface area contributed by atoms with Crippen LogP contribution < -0.4 is 0 Å². The smallest absolute Gasteiger partial charge is 0.338 e. The highest BCUT2D eigenvalue weighted by Crippen LogP contribution is 2.23. The summed E-state index contributed by atoms with van der Waals surface area (Å²) in [6.07, 6.45) is 2.93. The minimum Gasteiger partial charge on any atom is -0.385 e. The lowest BCUT2D eigenvalue weighted by molar-refractivity contribution is 0.144. The predicted octanol–water partition coefficient (Wildman–Crippen LogP) is 1.82. The summed E-state index contributed by atoms with van der Waals surface area (Å²) >= 11 is 0. The lowest BCUT2D eigenvalue weighted by atomic mass is 10.0. The van der Waals surface area contributed by atoms with Crippen LogP contribution in [0.3, 0.4) is 0 Å². The van der Waals surface area contributed by atoms with Gasteiger partial charge in [-0.15, -0.1) is 0 Å². The Labute approximate surface area is 101 Å². The van der Waals surface area contributed by atoms with Gasteiger partial charge in [0.15, 0.2) is 0 Å². The maximum atomic E-state index is 11.9. The Morgan fingerprint density at radius 1 is 1.24 bits per heavy atom. The summed E-state index contributed by atoms with van der Waals surface area (Å²) in [5.41, 5.74) is 0. The zero-order chi connectivity index (χ0) is 12.3. The molecule has 1 aromatic carbocycles. The van der Waals surface area contributed by atoms with Gasteiger partial charge in [-0.1, -0.05) is 18.2 Å². The summed E-state index contributed by atoms with van der Waals surface area (Å²) < 4.78 is 28.7. The fourth-order valence-corrected chi connectivity index (χ4v) is 2.70. The largest absolute Gasteiger partial charge is 0.385 e. The number of hydrogen-bond acceptors (Lipinski definition) is 4. The average Bonchev–Trinajstić information content (AvgIpc) is 2.33. The van der Waals surface area contributed by atoms with E-state index >= 15 is 0 Å². The van der Waals surface area contributed by atoms with Crippen molar-refractivity contribution in [2.75, 3.05) is 0 Å². The quantitative estimate of drug-likeness (QED) is 0.836. The lowest BCUT2D eigenvalue weighted by Gasteiger charge is -2.19. The maximum Gasteiger partial charge on any atom is 0.338 e. The zero-order valence-electron chi connectivity index (χ0n) is 9.24. The fraction of sp³-hybridized carbons (Fsp3) is 0.333. The summed E-state index contributed by atoms with van der Waals surface area (Å²) in [5, 5.41) is 9.62. The number of hydrogen-bond donors (Lipinski definition) is 1. The Bertz CT molecular complexity index is 505. The maximum absolute atomic E-state index is 11.9. The van der Waals surface area contributed by atoms with Crippen molar-refractivity contribution in [3.8, 4) is 0 Å². The van der Waals surface area contributed by atoms with Crippen molar-refractivity contribution in [2.45, 2.75) is 30.3 Å². The van der Waals surface area contributed by atoms with E-state index < -0.39 is 16.2 Å². The molecule has 0 amide bonds. The standard InChI is InChI=1S/C12H14O4S/c13-11-8-4-5-9-12(11)16-17(14,15)10-6-2-1-3-7-10/h1-3,6-7,9,11,13H,4-5,8H2. The van der Waals surface area contributed by atoms with Gasteiger partial charge in [0.25, 0.3) is 0 Å². The van der Waals surface area contributed by atoms with E-state index in [9.17, 15) is 13.5 Å². The van der Waals surface area contributed by atoms with Gasteiger partial charge in [-0.05, 0) is 37.5 Å². The van der Waals surface area contributed by atoms with Gasteiger partial charge in [0, 0.05) is 0 Å². The second-order valence-electron chi connectivity index (χ2n) is 3.90. The highest BCUT2D eigenvalue weighted by Gasteiger charge is 2.23. The van der Waals surface area contributed by atoms with Crippen molar-refractivity contribution in [2.24, 2.45) is 0 Å². The molecule has 0 spiro atoms. The molecule has 1 atom stereocenters. The first-order valence-corrected chi connectivity index (χ1v) is 6.88. The Hall–Kier alpha value is -1.33. The summed E-state index contributed by atoms with van der Waals surface area (Å²) in [5.74, 6) is 0.139. The van der Waals surface area contributed by atoms with Gasteiger partial charge in [0.2, 0.25) is 0 Å². The van der Waals surface area contributed by atoms with Gasteiger partial charge in [-0.3, -0.25) is 0 Å². The molecule has 1 aliphatic rings. The van der Waals surface area contributed by atoms with Crippen LogP contribution in [0.1, 0.15) is 19.3 Å². The summed E-state index contributed by atoms with van der Waals surface area (Å²) in [7, 11) is -3.82. The Morgan fingerprint density at radius 2 is 1.94 bits per heavy atom. The minimum atomic E-state index is -3.82. The molecule has 0 saturated carbocycles. The topological polar surface area (TPSA) is 63.6 Å². The third-order valence-electron chi connectivity index (χ3n) is 2.59. The van der Waals surface area contributed by atoms with Crippen LogP contribution in [0.4, 0.5) is 0 Å². The van der Waals surface area contributed by atoms with E-state index in [-0.39, 0.29) is 10.7 Å². The lowest BCUT2D eigenvalue weighted by Crippen LogP contribution is -2.19. The molecule has 0 aliphatic heterocycles. The molecule has 1 aromatic rings. The van der Waals surface area contributed by atoms with Gasteiger partial charge in [-0.25, -0.2) is 0 Å². The molecule has 0 aromatic heterocycles. The van der Waals surface area contributed by atoms with Crippen molar-refractivity contribution in [1.82, 2.24) is 0 Å². The number of benzene rings is 1. The molecular weight excluding hydrogens is 240 g/mol. The predicted molar refractivity (Wildman–Crippen MR) is 62.7 cm³/mol. The second-order valence-corrected chi connectivity index (χ2v) is 5.45. The molecule has 92 valence electrons. The van der Waals surface area contributed by atoms with Crippen LogP contribution in [0, 0.1) is 0 Å². The first kappa shape index (κ1) is 12.1. The van der Waals surface area contributed by atoms with E-state index in [1.165, 1.54) is 12.1 Å². The van der Waals surface area contributed by atoms with E-state index in [1.807, 2.05) is 0 Å². The van der Waals surface area contributed by atoms with Crippen molar-refractivity contribution in [3.63, 3.8) is 0 Å². The first-order chi connectivity index (χ1) is 8.09. The van der Waals surface area contributed by atoms with Crippen LogP contribution in [0.15, 0.2) is 47.1 Å². The normalized spacial score (nSPS) is 20.8. The summed E-state index contributed by atoms with van der Waals surface area (Å²) in [4.78, 5) is 0.0960. The van der Waals surface area contributed by atoms with Crippen molar-refractivity contribution >= 4 is 10.1 Å². The van der Waals surface area contributed by atoms with Crippen LogP contribution in [0.25, 0.3) is 0 Å². The molecule has 1 N–H and O–H groups in total. The third kappa shape index (κ3) is 2.87. The van der Waals surface area contributed by atoms with Crippen LogP contribution in [-0.4, -0.2) is 19.6 Å². The third-order valence-corrected chi connectivity index (χ3v) is 3.85. The average molecular weight is 254 g/mol. The van der Waals surface area contributed by atoms with E-state index in [0.717, 1.165) is 12.8 Å². The molecule has 0 fully saturated rings. The molecule has 0 radical (unpaired) electrons. The van der Waals surface area contributed by atoms with Crippen LogP contribution in [-0.2, 0) is 14.3 Å². The highest BCUT2D eigenvalue weighted by molar-refractivity contribution is 7.86. The Morgan fingerprint density at radius 3 is 2.59 bits per heavy atom. The minimum absolute atomic E-state index is 0.0960. The Balaban J connectivity index is 2.21. The molecule has 0 bridgehead atoms. The summed E-state index contributed by atoms with van der Waals surface area (Å²) in [6, 6.07) is 7.91. The van der Waals surface area contributed by atoms with Crippen LogP contribution in [0.2, 0.25) is 0 Å². The number of aliphatic hydroxyl groups is 1. The van der Waals surface area contributed by atoms with Gasteiger partial charge in [0.1, 0.15) is 16.8 Å². The van der Waals surface area contributed by atoms with E-state index in [2.05, 4.69) is 0 Å². The highest BCUT2D eigenvalue weighted by atomic mass is 32.2. The van der Waals surface area contributed by atoms with Crippen molar-refractivity contribution in [1.29, 1.82) is 0 Å². The van der Waals surface area contributed by atoms with Crippen molar-refractivity contribution < 1.29 is 17.7 Å². The van der Waals surface area contributed by atoms with E-state index in [4.69, 9.17) is 4.18 Å². The van der Waals surface area contributed by atoms with Gasteiger partial charge in [-0.2, -0.15) is 8.42 Å². The molecule has 4 nitrogen and oxygen atoms in total. The number of rotatable bonds is 3. The Kier molecular flexibility index (Phi) is 3.49. The fourth-order valence-electron chi connectivity index (χ4n) is 1.69. The first-order valence-electron chi connectivity index (χ1n) is 5.47. The molecule has 17 heavy (non-hydrogen) atoms. The van der Waals surface area contributed by atoms with E-state index in [1.54, 1.807) is 24.3 Å². The molecule has 5 heteroatoms. The van der Waals surface area contributed by atoms with Gasteiger partial charge >= 0.3 is 10.1 Å². The molecule has 2 rings (SSSR count). The number of aliphatic hydroxyl groups excluding tert-OH is 1. The zero-order valence-corrected chi connectivity index (χ0v) is 10.1. The van der Waals surface area contributed by atoms with Crippen LogP contribution in [0.5, 0.6) is 0 Å². The molecule has 0 heterocycles. The van der Waals surface area contributed by atoms with Crippen LogP contribution >= 0.6 is 0 Å². The number of allylic oxidation sites excluding steroid dienone is 1. The van der Waals surface area contributed by atoms with Crippen molar-refractivity contribution in [3.05, 3.63) is 42.2 Å². The molecule has 1 unspecified atom stereocenters.